The summed E-state index contributed by atoms with van der Waals surface area (Å²) in [7, 11) is 0. The molecule has 0 unspecified atom stereocenters. The van der Waals surface area contributed by atoms with Gasteiger partial charge in [-0.3, -0.25) is 10.1 Å². The summed E-state index contributed by atoms with van der Waals surface area (Å²) in [4.78, 5) is 10.3. The first-order valence-corrected chi connectivity index (χ1v) is 6.99. The highest BCUT2D eigenvalue weighted by atomic mass is 35.5. The van der Waals surface area contributed by atoms with Gasteiger partial charge in [-0.25, -0.2) is 0 Å². The Bertz CT molecular complexity index is 846. The van der Waals surface area contributed by atoms with Gasteiger partial charge < -0.3 is 9.47 Å². The molecule has 25 heavy (non-hydrogen) atoms. The summed E-state index contributed by atoms with van der Waals surface area (Å²) in [5.41, 5.74) is -1.26. The van der Waals surface area contributed by atoms with Crippen LogP contribution in [0.15, 0.2) is 36.4 Å². The van der Waals surface area contributed by atoms with Crippen molar-refractivity contribution in [3.05, 3.63) is 57.1 Å². The first-order valence-electron chi connectivity index (χ1n) is 6.61. The number of benzene rings is 2. The lowest BCUT2D eigenvalue weighted by atomic mass is 10.2. The monoisotopic (exact) mass is 371 g/mol. The summed E-state index contributed by atoms with van der Waals surface area (Å²) >= 11 is 5.80. The fourth-order valence-electron chi connectivity index (χ4n) is 1.83. The van der Waals surface area contributed by atoms with Gasteiger partial charge in [0.25, 0.3) is 0 Å². The summed E-state index contributed by atoms with van der Waals surface area (Å²) in [5, 5.41) is 10.7. The Labute approximate surface area is 145 Å². The molecule has 0 saturated carbocycles. The van der Waals surface area contributed by atoms with Gasteiger partial charge in [-0.05, 0) is 24.3 Å². The van der Waals surface area contributed by atoms with E-state index in [0.29, 0.717) is 0 Å². The van der Waals surface area contributed by atoms with Crippen molar-refractivity contribution in [2.45, 2.75) is 6.18 Å². The van der Waals surface area contributed by atoms with E-state index in [4.69, 9.17) is 27.5 Å². The van der Waals surface area contributed by atoms with Gasteiger partial charge in [-0.1, -0.05) is 17.5 Å². The maximum absolute atomic E-state index is 12.6. The number of hydrogen-bond acceptors (Lipinski definition) is 4. The molecule has 9 heteroatoms. The Morgan fingerprint density at radius 1 is 1.20 bits per heavy atom. The number of rotatable bonds is 5. The highest BCUT2D eigenvalue weighted by Gasteiger charge is 2.31. The smallest absolute Gasteiger partial charge is 0.416 e. The normalized spacial score (nSPS) is 10.8. The van der Waals surface area contributed by atoms with E-state index in [1.807, 2.05) is 0 Å². The standard InChI is InChI=1S/C16H9ClF3NO4/c1-2-7-24-15-9-11(4-5-13(15)21(22)23)25-14-6-3-10(8-12(14)17)16(18,19)20/h1,3-6,8-9H,7H2. The van der Waals surface area contributed by atoms with E-state index >= 15 is 0 Å². The Hall–Kier alpha value is -2.92. The van der Waals surface area contributed by atoms with E-state index in [1.165, 1.54) is 12.1 Å². The molecule has 0 saturated heterocycles. The summed E-state index contributed by atoms with van der Waals surface area (Å²) in [6, 6.07) is 6.16. The Morgan fingerprint density at radius 3 is 2.48 bits per heavy atom. The predicted molar refractivity (Wildman–Crippen MR) is 84.0 cm³/mol. The van der Waals surface area contributed by atoms with Gasteiger partial charge in [0.15, 0.2) is 0 Å². The van der Waals surface area contributed by atoms with Crippen LogP contribution in [-0.4, -0.2) is 11.5 Å². The third-order valence-electron chi connectivity index (χ3n) is 2.93. The molecule has 0 atom stereocenters. The van der Waals surface area contributed by atoms with Crippen molar-refractivity contribution in [1.82, 2.24) is 0 Å². The third kappa shape index (κ3) is 4.55. The molecule has 0 N–H and O–H groups in total. The number of hydrogen-bond donors (Lipinski definition) is 0. The van der Waals surface area contributed by atoms with Crippen LogP contribution in [0.1, 0.15) is 5.56 Å². The van der Waals surface area contributed by atoms with Gasteiger partial charge in [-0.15, -0.1) is 6.42 Å². The molecule has 0 spiro atoms. The number of nitro benzene ring substituents is 1. The number of terminal acetylenes is 1. The lowest BCUT2D eigenvalue weighted by Gasteiger charge is -2.12. The van der Waals surface area contributed by atoms with Crippen LogP contribution in [0, 0.1) is 22.5 Å². The Kier molecular flexibility index (Phi) is 5.39. The number of nitrogens with zero attached hydrogens (tertiary/aromatic N) is 1. The van der Waals surface area contributed by atoms with Crippen LogP contribution in [0.4, 0.5) is 18.9 Å². The maximum Gasteiger partial charge on any atom is 0.416 e. The zero-order chi connectivity index (χ0) is 18.6. The van der Waals surface area contributed by atoms with Crippen molar-refractivity contribution in [3.63, 3.8) is 0 Å². The summed E-state index contributed by atoms with van der Waals surface area (Å²) < 4.78 is 48.3. The summed E-state index contributed by atoms with van der Waals surface area (Å²) in [6.07, 6.45) is 0.512. The van der Waals surface area contributed by atoms with Gasteiger partial charge in [0.2, 0.25) is 5.75 Å². The van der Waals surface area contributed by atoms with E-state index < -0.39 is 16.7 Å². The SMILES string of the molecule is C#CCOc1cc(Oc2ccc(C(F)(F)F)cc2Cl)ccc1[N+](=O)[O-]. The van der Waals surface area contributed by atoms with Crippen molar-refractivity contribution in [2.24, 2.45) is 0 Å². The van der Waals surface area contributed by atoms with Crippen LogP contribution in [0.25, 0.3) is 0 Å². The second kappa shape index (κ2) is 7.32. The first-order chi connectivity index (χ1) is 11.7. The fourth-order valence-corrected chi connectivity index (χ4v) is 2.05. The van der Waals surface area contributed by atoms with E-state index in [-0.39, 0.29) is 34.6 Å². The van der Waals surface area contributed by atoms with Crippen molar-refractivity contribution < 1.29 is 27.6 Å². The lowest BCUT2D eigenvalue weighted by molar-refractivity contribution is -0.385. The molecule has 0 aliphatic heterocycles. The molecule has 2 rings (SSSR count). The van der Waals surface area contributed by atoms with E-state index in [2.05, 4.69) is 5.92 Å². The third-order valence-corrected chi connectivity index (χ3v) is 3.22. The first kappa shape index (κ1) is 18.4. The number of ether oxygens (including phenoxy) is 2. The minimum Gasteiger partial charge on any atom is -0.474 e. The zero-order valence-corrected chi connectivity index (χ0v) is 13.1. The Balaban J connectivity index is 2.31. The fraction of sp³-hybridized carbons (Fsp3) is 0.125. The van der Waals surface area contributed by atoms with E-state index in [9.17, 15) is 23.3 Å². The molecule has 0 radical (unpaired) electrons. The average Bonchev–Trinajstić information content (AvgIpc) is 2.53. The molecular formula is C16H9ClF3NO4. The van der Waals surface area contributed by atoms with Crippen LogP contribution in [-0.2, 0) is 6.18 Å². The molecular weight excluding hydrogens is 363 g/mol. The van der Waals surface area contributed by atoms with Gasteiger partial charge in [-0.2, -0.15) is 13.2 Å². The van der Waals surface area contributed by atoms with E-state index in [0.717, 1.165) is 24.3 Å². The van der Waals surface area contributed by atoms with Gasteiger partial charge in [0.05, 0.1) is 15.5 Å². The molecule has 2 aromatic rings. The largest absolute Gasteiger partial charge is 0.474 e. The minimum atomic E-state index is -4.54. The molecule has 0 aliphatic rings. The molecule has 0 fully saturated rings. The van der Waals surface area contributed by atoms with Gasteiger partial charge in [0, 0.05) is 12.1 Å². The topological polar surface area (TPSA) is 61.6 Å². The van der Waals surface area contributed by atoms with Crippen LogP contribution < -0.4 is 9.47 Å². The van der Waals surface area contributed by atoms with E-state index in [1.54, 1.807) is 0 Å². The molecule has 2 aromatic carbocycles. The second-order valence-corrected chi connectivity index (χ2v) is 5.03. The highest BCUT2D eigenvalue weighted by Crippen LogP contribution is 2.38. The van der Waals surface area contributed by atoms with Crippen molar-refractivity contribution in [1.29, 1.82) is 0 Å². The maximum atomic E-state index is 12.6. The number of halogens is 4. The summed E-state index contributed by atoms with van der Waals surface area (Å²) in [6.45, 7) is -0.203. The molecule has 0 heterocycles. The quantitative estimate of drug-likeness (QED) is 0.418. The van der Waals surface area contributed by atoms with Crippen molar-refractivity contribution in [2.75, 3.05) is 6.61 Å². The predicted octanol–water partition coefficient (Wildman–Crippen LogP) is 5.07. The van der Waals surface area contributed by atoms with Crippen LogP contribution in [0.2, 0.25) is 5.02 Å². The zero-order valence-electron chi connectivity index (χ0n) is 12.3. The molecule has 0 aliphatic carbocycles. The molecule has 5 nitrogen and oxygen atoms in total. The second-order valence-electron chi connectivity index (χ2n) is 4.62. The number of nitro groups is 1. The molecule has 0 bridgehead atoms. The number of alkyl halides is 3. The van der Waals surface area contributed by atoms with Gasteiger partial charge >= 0.3 is 11.9 Å². The summed E-state index contributed by atoms with van der Waals surface area (Å²) in [5.74, 6) is 2.07. The average molecular weight is 372 g/mol. The van der Waals surface area contributed by atoms with Crippen LogP contribution in [0.5, 0.6) is 17.2 Å². The molecule has 0 aromatic heterocycles. The molecule has 130 valence electrons. The lowest BCUT2D eigenvalue weighted by Crippen LogP contribution is -2.04. The van der Waals surface area contributed by atoms with Crippen molar-refractivity contribution in [3.8, 4) is 29.6 Å². The van der Waals surface area contributed by atoms with Crippen LogP contribution >= 0.6 is 11.6 Å². The molecule has 0 amide bonds. The van der Waals surface area contributed by atoms with Gasteiger partial charge in [0.1, 0.15) is 18.1 Å². The van der Waals surface area contributed by atoms with Crippen molar-refractivity contribution >= 4 is 17.3 Å². The highest BCUT2D eigenvalue weighted by molar-refractivity contribution is 6.32. The minimum absolute atomic E-state index is 0.0496. The van der Waals surface area contributed by atoms with Crippen LogP contribution in [0.3, 0.4) is 0 Å². The Morgan fingerprint density at radius 2 is 1.92 bits per heavy atom.